The summed E-state index contributed by atoms with van der Waals surface area (Å²) in [4.78, 5) is 8.52. The summed E-state index contributed by atoms with van der Waals surface area (Å²) in [5.41, 5.74) is 0.260. The highest BCUT2D eigenvalue weighted by atomic mass is 127. The first-order valence-electron chi connectivity index (χ1n) is 7.86. The Hall–Kier alpha value is -1.78. The van der Waals surface area contributed by atoms with Gasteiger partial charge in [0.05, 0.1) is 6.54 Å². The number of rotatable bonds is 3. The largest absolute Gasteiger partial charge is 0.352 e. The first-order chi connectivity index (χ1) is 11.5. The fraction of sp³-hybridized carbons (Fsp3) is 0.438. The highest BCUT2D eigenvalue weighted by Crippen LogP contribution is 2.13. The van der Waals surface area contributed by atoms with Crippen LogP contribution in [0.3, 0.4) is 0 Å². The second-order valence-corrected chi connectivity index (χ2v) is 5.80. The summed E-state index contributed by atoms with van der Waals surface area (Å²) in [5.74, 6) is 1.41. The zero-order chi connectivity index (χ0) is 17.1. The van der Waals surface area contributed by atoms with E-state index in [9.17, 15) is 8.78 Å². The van der Waals surface area contributed by atoms with Crippen molar-refractivity contribution >= 4 is 29.9 Å². The number of benzene rings is 1. The highest BCUT2D eigenvalue weighted by Gasteiger charge is 2.21. The van der Waals surface area contributed by atoms with E-state index >= 15 is 0 Å². The SMILES string of the molecule is CN=C(NCc1cc(F)ccc1F)NC1CCc2nc(C)nn2C1.I. The standard InChI is InChI=1S/C16H20F2N6.HI/c1-10-21-15-6-4-13(9-24(15)23-10)22-16(19-2)20-8-11-7-12(17)3-5-14(11)18;/h3,5,7,13H,4,6,8-9H2,1-2H3,(H2,19,20,22);1H. The van der Waals surface area contributed by atoms with Crippen LogP contribution in [0.5, 0.6) is 0 Å². The smallest absolute Gasteiger partial charge is 0.191 e. The molecular weight excluding hydrogens is 441 g/mol. The lowest BCUT2D eigenvalue weighted by Gasteiger charge is -2.25. The molecule has 25 heavy (non-hydrogen) atoms. The molecule has 0 amide bonds. The minimum Gasteiger partial charge on any atom is -0.352 e. The molecule has 3 rings (SSSR count). The quantitative estimate of drug-likeness (QED) is 0.417. The number of aromatic nitrogens is 3. The number of aliphatic imine (C=N–C) groups is 1. The van der Waals surface area contributed by atoms with E-state index in [0.29, 0.717) is 12.5 Å². The fourth-order valence-electron chi connectivity index (χ4n) is 2.80. The number of hydrogen-bond acceptors (Lipinski definition) is 3. The Bertz CT molecular complexity index is 761. The van der Waals surface area contributed by atoms with Crippen molar-refractivity contribution in [3.05, 3.63) is 47.0 Å². The van der Waals surface area contributed by atoms with Gasteiger partial charge in [-0.3, -0.25) is 4.99 Å². The number of fused-ring (bicyclic) bond motifs is 1. The number of aryl methyl sites for hydroxylation is 2. The van der Waals surface area contributed by atoms with Gasteiger partial charge in [-0.1, -0.05) is 0 Å². The Morgan fingerprint density at radius 1 is 1.40 bits per heavy atom. The summed E-state index contributed by atoms with van der Waals surface area (Å²) in [6.07, 6.45) is 1.75. The Kier molecular flexibility index (Phi) is 6.68. The lowest BCUT2D eigenvalue weighted by molar-refractivity contribution is 0.392. The number of nitrogens with zero attached hydrogens (tertiary/aromatic N) is 4. The molecule has 2 aromatic rings. The molecule has 1 aromatic carbocycles. The third kappa shape index (κ3) is 4.86. The molecule has 1 unspecified atom stereocenters. The maximum absolute atomic E-state index is 13.7. The Balaban J connectivity index is 0.00000225. The minimum atomic E-state index is -0.461. The first kappa shape index (κ1) is 19.5. The molecule has 2 N–H and O–H groups in total. The first-order valence-corrected chi connectivity index (χ1v) is 7.86. The van der Waals surface area contributed by atoms with Gasteiger partial charge in [0.15, 0.2) is 5.96 Å². The van der Waals surface area contributed by atoms with Crippen LogP contribution in [0.1, 0.15) is 23.6 Å². The van der Waals surface area contributed by atoms with E-state index in [-0.39, 0.29) is 42.1 Å². The molecule has 136 valence electrons. The third-order valence-electron chi connectivity index (χ3n) is 3.98. The van der Waals surface area contributed by atoms with Gasteiger partial charge in [-0.25, -0.2) is 18.4 Å². The van der Waals surface area contributed by atoms with Crippen LogP contribution in [0, 0.1) is 18.6 Å². The van der Waals surface area contributed by atoms with E-state index in [2.05, 4.69) is 25.7 Å². The summed E-state index contributed by atoms with van der Waals surface area (Å²) in [7, 11) is 1.64. The van der Waals surface area contributed by atoms with Gasteiger partial charge in [-0.2, -0.15) is 5.10 Å². The molecule has 1 aliphatic rings. The molecule has 1 aliphatic heterocycles. The zero-order valence-corrected chi connectivity index (χ0v) is 16.4. The van der Waals surface area contributed by atoms with Crippen molar-refractivity contribution in [2.24, 2.45) is 4.99 Å². The molecule has 6 nitrogen and oxygen atoms in total. The maximum atomic E-state index is 13.7. The third-order valence-corrected chi connectivity index (χ3v) is 3.98. The van der Waals surface area contributed by atoms with E-state index in [0.717, 1.165) is 36.6 Å². The van der Waals surface area contributed by atoms with Gasteiger partial charge in [0.25, 0.3) is 0 Å². The van der Waals surface area contributed by atoms with Gasteiger partial charge in [-0.05, 0) is 31.5 Å². The maximum Gasteiger partial charge on any atom is 0.191 e. The molecule has 0 aliphatic carbocycles. The number of hydrogen-bond donors (Lipinski definition) is 2. The molecule has 0 saturated carbocycles. The fourth-order valence-corrected chi connectivity index (χ4v) is 2.80. The van der Waals surface area contributed by atoms with Crippen LogP contribution in [0.15, 0.2) is 23.2 Å². The van der Waals surface area contributed by atoms with Crippen LogP contribution >= 0.6 is 24.0 Å². The lowest BCUT2D eigenvalue weighted by Crippen LogP contribution is -2.46. The lowest BCUT2D eigenvalue weighted by atomic mass is 10.1. The van der Waals surface area contributed by atoms with Crippen LogP contribution in [0.4, 0.5) is 8.78 Å². The highest BCUT2D eigenvalue weighted by molar-refractivity contribution is 14.0. The van der Waals surface area contributed by atoms with Crippen molar-refractivity contribution < 1.29 is 8.78 Å². The van der Waals surface area contributed by atoms with Crippen molar-refractivity contribution in [2.75, 3.05) is 7.05 Å². The predicted octanol–water partition coefficient (Wildman–Crippen LogP) is 2.16. The summed E-state index contributed by atoms with van der Waals surface area (Å²) in [6, 6.07) is 3.56. The summed E-state index contributed by atoms with van der Waals surface area (Å²) in [5, 5.41) is 10.7. The van der Waals surface area contributed by atoms with Gasteiger partial charge >= 0.3 is 0 Å². The van der Waals surface area contributed by atoms with Crippen molar-refractivity contribution in [1.82, 2.24) is 25.4 Å². The minimum absolute atomic E-state index is 0. The molecule has 0 saturated heterocycles. The number of nitrogens with one attached hydrogen (secondary N) is 2. The molecule has 0 bridgehead atoms. The van der Waals surface area contributed by atoms with Gasteiger partial charge in [0, 0.05) is 31.6 Å². The Morgan fingerprint density at radius 3 is 2.96 bits per heavy atom. The average molecular weight is 462 g/mol. The molecule has 2 heterocycles. The molecule has 9 heteroatoms. The molecule has 0 radical (unpaired) electrons. The molecule has 0 fully saturated rings. The van der Waals surface area contributed by atoms with Crippen LogP contribution in [-0.2, 0) is 19.5 Å². The second kappa shape index (κ2) is 8.54. The molecule has 0 spiro atoms. The Morgan fingerprint density at radius 2 is 2.20 bits per heavy atom. The molecule has 1 aromatic heterocycles. The Labute approximate surface area is 162 Å². The van der Waals surface area contributed by atoms with Crippen LogP contribution in [0.2, 0.25) is 0 Å². The van der Waals surface area contributed by atoms with E-state index in [4.69, 9.17) is 0 Å². The van der Waals surface area contributed by atoms with Crippen molar-refractivity contribution in [1.29, 1.82) is 0 Å². The van der Waals surface area contributed by atoms with Crippen molar-refractivity contribution in [2.45, 2.75) is 38.9 Å². The second-order valence-electron chi connectivity index (χ2n) is 5.80. The van der Waals surface area contributed by atoms with Gasteiger partial charge < -0.3 is 10.6 Å². The summed E-state index contributed by atoms with van der Waals surface area (Å²) in [6.45, 7) is 2.73. The number of halogens is 3. The monoisotopic (exact) mass is 462 g/mol. The predicted molar refractivity (Wildman–Crippen MR) is 102 cm³/mol. The summed E-state index contributed by atoms with van der Waals surface area (Å²) >= 11 is 0. The summed E-state index contributed by atoms with van der Waals surface area (Å²) < 4.78 is 28.8. The zero-order valence-electron chi connectivity index (χ0n) is 14.1. The van der Waals surface area contributed by atoms with E-state index in [1.165, 1.54) is 6.07 Å². The normalized spacial score (nSPS) is 16.8. The van der Waals surface area contributed by atoms with Gasteiger partial charge in [-0.15, -0.1) is 24.0 Å². The van der Waals surface area contributed by atoms with E-state index in [1.807, 2.05) is 11.6 Å². The number of guanidine groups is 1. The van der Waals surface area contributed by atoms with Crippen LogP contribution in [0.25, 0.3) is 0 Å². The van der Waals surface area contributed by atoms with Gasteiger partial charge in [0.1, 0.15) is 23.3 Å². The average Bonchev–Trinajstić information content (AvgIpc) is 2.93. The van der Waals surface area contributed by atoms with E-state index < -0.39 is 11.6 Å². The van der Waals surface area contributed by atoms with Crippen LogP contribution < -0.4 is 10.6 Å². The van der Waals surface area contributed by atoms with Crippen LogP contribution in [-0.4, -0.2) is 33.8 Å². The molecule has 1 atom stereocenters. The van der Waals surface area contributed by atoms with Gasteiger partial charge in [0.2, 0.25) is 0 Å². The van der Waals surface area contributed by atoms with E-state index in [1.54, 1.807) is 7.05 Å². The van der Waals surface area contributed by atoms with Crippen molar-refractivity contribution in [3.8, 4) is 0 Å². The molecular formula is C16H21F2IN6. The topological polar surface area (TPSA) is 67.1 Å². The van der Waals surface area contributed by atoms with Crippen molar-refractivity contribution in [3.63, 3.8) is 0 Å².